The van der Waals surface area contributed by atoms with Crippen molar-refractivity contribution >= 4 is 46.9 Å². The van der Waals surface area contributed by atoms with Gasteiger partial charge in [0.1, 0.15) is 11.4 Å². The third-order valence-electron chi connectivity index (χ3n) is 6.44. The van der Waals surface area contributed by atoms with Crippen molar-refractivity contribution in [3.8, 4) is 5.75 Å². The Morgan fingerprint density at radius 1 is 0.854 bits per heavy atom. The van der Waals surface area contributed by atoms with Crippen molar-refractivity contribution < 1.29 is 23.6 Å². The van der Waals surface area contributed by atoms with E-state index in [0.717, 1.165) is 0 Å². The number of nitrogens with one attached hydrogen (secondary N) is 1. The minimum absolute atomic E-state index is 0.338. The molecule has 0 aliphatic heterocycles. The van der Waals surface area contributed by atoms with Gasteiger partial charge in [-0.05, 0) is 80.7 Å². The van der Waals surface area contributed by atoms with Crippen LogP contribution in [-0.2, 0) is 14.1 Å². The van der Waals surface area contributed by atoms with Gasteiger partial charge in [-0.3, -0.25) is 9.36 Å². The second-order valence-corrected chi connectivity index (χ2v) is 14.1. The van der Waals surface area contributed by atoms with Crippen molar-refractivity contribution in [2.75, 3.05) is 12.4 Å². The molecule has 1 N–H and O–H groups in total. The van der Waals surface area contributed by atoms with Gasteiger partial charge in [0.25, 0.3) is 0 Å². The average molecular weight is 591 g/mol. The Balaban J connectivity index is 1.89. The summed E-state index contributed by atoms with van der Waals surface area (Å²) in [6.07, 6.45) is -0.768. The van der Waals surface area contributed by atoms with E-state index in [0.29, 0.717) is 26.9 Å². The van der Waals surface area contributed by atoms with E-state index < -0.39 is 30.9 Å². The second kappa shape index (κ2) is 12.8. The van der Waals surface area contributed by atoms with Crippen LogP contribution in [-0.4, -0.2) is 29.4 Å². The largest absolute Gasteiger partial charge is 0.497 e. The Hall–Kier alpha value is -3.87. The summed E-state index contributed by atoms with van der Waals surface area (Å²) in [4.78, 5) is 28.8. The monoisotopic (exact) mass is 590 g/mol. The smallest absolute Gasteiger partial charge is 0.416 e. The molecule has 214 valence electrons. The van der Waals surface area contributed by atoms with Gasteiger partial charge in [-0.25, -0.2) is 9.46 Å². The van der Waals surface area contributed by atoms with E-state index >= 15 is 4.57 Å². The van der Waals surface area contributed by atoms with E-state index in [-0.39, 0.29) is 5.91 Å². The predicted molar refractivity (Wildman–Crippen MR) is 166 cm³/mol. The number of hydrogen-bond acceptors (Lipinski definition) is 6. The molecule has 0 radical (unpaired) electrons. The van der Waals surface area contributed by atoms with Crippen LogP contribution >= 0.6 is 18.6 Å². The van der Waals surface area contributed by atoms with Crippen LogP contribution in [0.4, 0.5) is 10.5 Å². The maximum Gasteiger partial charge on any atom is 0.416 e. The average Bonchev–Trinajstić information content (AvgIpc) is 3.50. The van der Waals surface area contributed by atoms with Crippen molar-refractivity contribution in [2.24, 2.45) is 5.92 Å². The van der Waals surface area contributed by atoms with Crippen LogP contribution in [0.15, 0.2) is 102 Å². The fourth-order valence-corrected chi connectivity index (χ4v) is 8.37. The third kappa shape index (κ3) is 6.89. The number of hydrogen-bond donors (Lipinski definition) is 1. The molecule has 2 amide bonds. The van der Waals surface area contributed by atoms with Gasteiger partial charge in [-0.2, -0.15) is 0 Å². The van der Waals surface area contributed by atoms with E-state index in [1.54, 1.807) is 108 Å². The quantitative estimate of drug-likeness (QED) is 0.208. The lowest BCUT2D eigenvalue weighted by Gasteiger charge is -2.40. The van der Waals surface area contributed by atoms with Crippen LogP contribution in [0.5, 0.6) is 5.75 Å². The van der Waals surface area contributed by atoms with Crippen molar-refractivity contribution in [2.45, 2.75) is 39.3 Å². The highest BCUT2D eigenvalue weighted by Gasteiger charge is 2.48. The summed E-state index contributed by atoms with van der Waals surface area (Å²) in [5, 5.41) is 5.74. The molecule has 3 aromatic carbocycles. The molecule has 9 heteroatoms. The van der Waals surface area contributed by atoms with Gasteiger partial charge in [0.2, 0.25) is 13.2 Å². The molecule has 4 rings (SSSR count). The fourth-order valence-electron chi connectivity index (χ4n) is 4.48. The van der Waals surface area contributed by atoms with Crippen LogP contribution in [0.25, 0.3) is 0 Å². The summed E-state index contributed by atoms with van der Waals surface area (Å²) in [6.45, 7) is 7.03. The Morgan fingerprint density at radius 3 is 1.88 bits per heavy atom. The van der Waals surface area contributed by atoms with Crippen molar-refractivity contribution in [3.63, 3.8) is 0 Å². The lowest BCUT2D eigenvalue weighted by molar-refractivity contribution is -0.120. The molecule has 0 spiro atoms. The van der Waals surface area contributed by atoms with Crippen LogP contribution in [0.3, 0.4) is 0 Å². The number of anilines is 1. The molecule has 0 aliphatic carbocycles. The van der Waals surface area contributed by atoms with Gasteiger partial charge in [0.15, 0.2) is 0 Å². The van der Waals surface area contributed by atoms with E-state index in [9.17, 15) is 9.59 Å². The molecule has 4 aromatic rings. The SMILES string of the molecule is COc1ccc(NC(=O)[C@H](C)[C@@H](c2cccs2)N(C(=O)OC(C)(C)C)P(=O)(c2ccccc2)c2ccccc2)cc1. The molecule has 41 heavy (non-hydrogen) atoms. The fraction of sp³-hybridized carbons (Fsp3) is 0.250. The molecule has 0 bridgehead atoms. The summed E-state index contributed by atoms with van der Waals surface area (Å²) in [7, 11) is -2.32. The first-order valence-corrected chi connectivity index (χ1v) is 15.8. The van der Waals surface area contributed by atoms with Gasteiger partial charge < -0.3 is 14.8 Å². The van der Waals surface area contributed by atoms with Crippen LogP contribution in [0.1, 0.15) is 38.6 Å². The Bertz CT molecular complexity index is 1440. The summed E-state index contributed by atoms with van der Waals surface area (Å²) in [5.41, 5.74) is -0.298. The van der Waals surface area contributed by atoms with E-state index in [1.165, 1.54) is 16.0 Å². The van der Waals surface area contributed by atoms with Gasteiger partial charge in [0.05, 0.1) is 19.1 Å². The van der Waals surface area contributed by atoms with E-state index in [2.05, 4.69) is 5.32 Å². The number of thiophene rings is 1. The molecule has 1 aromatic heterocycles. The highest BCUT2D eigenvalue weighted by atomic mass is 32.1. The van der Waals surface area contributed by atoms with Gasteiger partial charge in [-0.1, -0.05) is 49.4 Å². The minimum atomic E-state index is -3.89. The third-order valence-corrected chi connectivity index (χ3v) is 10.4. The highest BCUT2D eigenvalue weighted by molar-refractivity contribution is 7.77. The van der Waals surface area contributed by atoms with E-state index in [4.69, 9.17) is 9.47 Å². The molecule has 0 unspecified atom stereocenters. The number of nitrogens with zero attached hydrogens (tertiary/aromatic N) is 1. The second-order valence-electron chi connectivity index (χ2n) is 10.5. The molecule has 0 fully saturated rings. The number of carbonyl (C=O) groups is 2. The summed E-state index contributed by atoms with van der Waals surface area (Å²) >= 11 is 1.39. The van der Waals surface area contributed by atoms with Crippen LogP contribution in [0, 0.1) is 5.92 Å². The Labute approximate surface area is 245 Å². The van der Waals surface area contributed by atoms with Gasteiger partial charge in [0, 0.05) is 21.2 Å². The summed E-state index contributed by atoms with van der Waals surface area (Å²) < 4.78 is 28.1. The number of benzene rings is 3. The van der Waals surface area contributed by atoms with E-state index in [1.807, 2.05) is 29.6 Å². The number of ether oxygens (including phenoxy) is 2. The Kier molecular flexibility index (Phi) is 9.36. The number of amides is 2. The molecule has 0 saturated carbocycles. The Morgan fingerprint density at radius 2 is 1.41 bits per heavy atom. The first-order chi connectivity index (χ1) is 19.5. The zero-order valence-corrected chi connectivity index (χ0v) is 25.5. The first kappa shape index (κ1) is 30.1. The van der Waals surface area contributed by atoms with Crippen molar-refractivity contribution in [1.82, 2.24) is 4.67 Å². The molecular weight excluding hydrogens is 555 g/mol. The highest BCUT2D eigenvalue weighted by Crippen LogP contribution is 2.55. The normalized spacial score (nSPS) is 13.1. The zero-order valence-electron chi connectivity index (χ0n) is 23.8. The first-order valence-electron chi connectivity index (χ1n) is 13.3. The molecule has 7 nitrogen and oxygen atoms in total. The minimum Gasteiger partial charge on any atom is -0.497 e. The lowest BCUT2D eigenvalue weighted by Crippen LogP contribution is -2.45. The topological polar surface area (TPSA) is 84.9 Å². The summed E-state index contributed by atoms with van der Waals surface area (Å²) in [5.74, 6) is -0.492. The number of carbonyl (C=O) groups excluding carboxylic acids is 2. The van der Waals surface area contributed by atoms with Crippen molar-refractivity contribution in [3.05, 3.63) is 107 Å². The summed E-state index contributed by atoms with van der Waals surface area (Å²) in [6, 6.07) is 27.6. The van der Waals surface area contributed by atoms with Gasteiger partial charge in [-0.15, -0.1) is 11.3 Å². The maximum atomic E-state index is 15.6. The molecular formula is C32H35N2O5PS. The standard InChI is InChI=1S/C32H35N2O5PS/c1-23(30(35)33-24-18-20-25(38-5)21-19-24)29(28-17-12-22-41-28)34(31(36)39-32(2,3)4)40(37,26-13-8-6-9-14-26)27-15-10-7-11-16-27/h6-23,29H,1-5H3,(H,33,35)/t23-,29+/m1/s1. The molecule has 2 atom stereocenters. The predicted octanol–water partition coefficient (Wildman–Crippen LogP) is 7.24. The molecule has 1 heterocycles. The van der Waals surface area contributed by atoms with Crippen LogP contribution in [0.2, 0.25) is 0 Å². The maximum absolute atomic E-state index is 15.6. The number of methoxy groups -OCH3 is 1. The zero-order chi connectivity index (χ0) is 29.6. The lowest BCUT2D eigenvalue weighted by atomic mass is 9.99. The van der Waals surface area contributed by atoms with Crippen LogP contribution < -0.4 is 20.7 Å². The number of rotatable bonds is 9. The molecule has 0 saturated heterocycles. The van der Waals surface area contributed by atoms with Crippen molar-refractivity contribution in [1.29, 1.82) is 0 Å². The molecule has 0 aliphatic rings. The van der Waals surface area contributed by atoms with Gasteiger partial charge >= 0.3 is 6.09 Å².